The van der Waals surface area contributed by atoms with Crippen LogP contribution in [0.15, 0.2) is 16.7 Å². The standard InChI is InChI=1S/C16H23BrN4O2.ClH/c1-2-19-10-12(17)8-14(19)16(23)20-6-3-4-13(11-20)21-7-5-18-9-15(21)22;/h8,10,13,18H,2-7,9,11H2,1H3;1H. The Kier molecular flexibility index (Phi) is 6.71. The van der Waals surface area contributed by atoms with E-state index in [9.17, 15) is 9.59 Å². The summed E-state index contributed by atoms with van der Waals surface area (Å²) in [7, 11) is 0. The number of aromatic nitrogens is 1. The van der Waals surface area contributed by atoms with Gasteiger partial charge in [0.1, 0.15) is 5.69 Å². The molecular weight excluding hydrogens is 396 g/mol. The summed E-state index contributed by atoms with van der Waals surface area (Å²) in [6.07, 6.45) is 3.87. The van der Waals surface area contributed by atoms with Crippen LogP contribution in [-0.2, 0) is 11.3 Å². The van der Waals surface area contributed by atoms with Crippen LogP contribution < -0.4 is 5.32 Å². The van der Waals surface area contributed by atoms with Gasteiger partial charge in [0.15, 0.2) is 0 Å². The van der Waals surface area contributed by atoms with Crippen LogP contribution in [0.2, 0.25) is 0 Å². The maximum Gasteiger partial charge on any atom is 0.270 e. The van der Waals surface area contributed by atoms with E-state index in [-0.39, 0.29) is 30.3 Å². The molecule has 1 unspecified atom stereocenters. The normalized spacial score (nSPS) is 21.6. The SMILES string of the molecule is CCn1cc(Br)cc1C(=O)N1CCCC(N2CCNCC2=O)C1.Cl. The number of rotatable bonds is 3. The van der Waals surface area contributed by atoms with Crippen molar-refractivity contribution in [1.29, 1.82) is 0 Å². The number of nitrogens with one attached hydrogen (secondary N) is 1. The monoisotopic (exact) mass is 418 g/mol. The number of hydrogen-bond acceptors (Lipinski definition) is 3. The van der Waals surface area contributed by atoms with Crippen LogP contribution in [0.1, 0.15) is 30.3 Å². The fraction of sp³-hybridized carbons (Fsp3) is 0.625. The highest BCUT2D eigenvalue weighted by Crippen LogP contribution is 2.21. The van der Waals surface area contributed by atoms with Crippen molar-refractivity contribution in [1.82, 2.24) is 19.7 Å². The predicted molar refractivity (Wildman–Crippen MR) is 98.6 cm³/mol. The van der Waals surface area contributed by atoms with Gasteiger partial charge >= 0.3 is 0 Å². The number of halogens is 2. The van der Waals surface area contributed by atoms with Gasteiger partial charge in [-0.25, -0.2) is 0 Å². The molecule has 3 rings (SSSR count). The zero-order valence-corrected chi connectivity index (χ0v) is 16.2. The summed E-state index contributed by atoms with van der Waals surface area (Å²) < 4.78 is 2.89. The molecule has 1 N–H and O–H groups in total. The summed E-state index contributed by atoms with van der Waals surface area (Å²) in [5.41, 5.74) is 0.715. The van der Waals surface area contributed by atoms with E-state index in [2.05, 4.69) is 21.2 Å². The fourth-order valence-corrected chi connectivity index (χ4v) is 3.94. The third-order valence-electron chi connectivity index (χ3n) is 4.67. The molecule has 1 aromatic heterocycles. The van der Waals surface area contributed by atoms with Gasteiger partial charge < -0.3 is 19.7 Å². The first-order valence-electron chi connectivity index (χ1n) is 8.25. The smallest absolute Gasteiger partial charge is 0.270 e. The maximum absolute atomic E-state index is 12.9. The van der Waals surface area contributed by atoms with E-state index in [1.807, 2.05) is 33.6 Å². The minimum Gasteiger partial charge on any atom is -0.343 e. The van der Waals surface area contributed by atoms with Gasteiger partial charge in [-0.1, -0.05) is 0 Å². The van der Waals surface area contributed by atoms with Crippen LogP contribution in [-0.4, -0.2) is 64.9 Å². The van der Waals surface area contributed by atoms with Crippen molar-refractivity contribution >= 4 is 40.2 Å². The van der Waals surface area contributed by atoms with Gasteiger partial charge in [-0.15, -0.1) is 12.4 Å². The van der Waals surface area contributed by atoms with Gasteiger partial charge in [-0.2, -0.15) is 0 Å². The molecule has 2 aliphatic rings. The van der Waals surface area contributed by atoms with E-state index in [1.54, 1.807) is 0 Å². The average Bonchev–Trinajstić information content (AvgIpc) is 2.95. The Morgan fingerprint density at radius 2 is 2.21 bits per heavy atom. The van der Waals surface area contributed by atoms with E-state index in [0.717, 1.165) is 43.5 Å². The first-order chi connectivity index (χ1) is 11.1. The molecule has 24 heavy (non-hydrogen) atoms. The van der Waals surface area contributed by atoms with Crippen LogP contribution in [0, 0.1) is 0 Å². The van der Waals surface area contributed by atoms with Crippen molar-refractivity contribution in [2.45, 2.75) is 32.4 Å². The van der Waals surface area contributed by atoms with Crippen molar-refractivity contribution in [3.63, 3.8) is 0 Å². The molecule has 2 fully saturated rings. The second kappa shape index (κ2) is 8.36. The lowest BCUT2D eigenvalue weighted by molar-refractivity contribution is -0.135. The molecule has 1 aromatic rings. The van der Waals surface area contributed by atoms with Crippen LogP contribution in [0.4, 0.5) is 0 Å². The lowest BCUT2D eigenvalue weighted by Gasteiger charge is -2.41. The van der Waals surface area contributed by atoms with Gasteiger partial charge in [0.25, 0.3) is 5.91 Å². The molecule has 2 saturated heterocycles. The fourth-order valence-electron chi connectivity index (χ4n) is 3.48. The summed E-state index contributed by atoms with van der Waals surface area (Å²) in [5, 5.41) is 3.10. The molecule has 6 nitrogen and oxygen atoms in total. The third kappa shape index (κ3) is 3.95. The molecule has 0 aromatic carbocycles. The molecular formula is C16H24BrClN4O2. The lowest BCUT2D eigenvalue weighted by Crippen LogP contribution is -2.57. The van der Waals surface area contributed by atoms with Gasteiger partial charge in [-0.3, -0.25) is 9.59 Å². The predicted octanol–water partition coefficient (Wildman–Crippen LogP) is 1.73. The molecule has 0 aliphatic carbocycles. The second-order valence-corrected chi connectivity index (χ2v) is 7.06. The van der Waals surface area contributed by atoms with E-state index < -0.39 is 0 Å². The Morgan fingerprint density at radius 3 is 2.92 bits per heavy atom. The van der Waals surface area contributed by atoms with Crippen molar-refractivity contribution in [3.8, 4) is 0 Å². The van der Waals surface area contributed by atoms with Gasteiger partial charge in [0, 0.05) is 49.4 Å². The Balaban J connectivity index is 0.00000208. The third-order valence-corrected chi connectivity index (χ3v) is 5.11. The Hall–Kier alpha value is -1.05. The number of piperidine rings is 1. The number of carbonyl (C=O) groups is 2. The number of amides is 2. The highest BCUT2D eigenvalue weighted by molar-refractivity contribution is 9.10. The molecule has 0 bridgehead atoms. The molecule has 2 amide bonds. The Bertz CT molecular complexity index is 607. The van der Waals surface area contributed by atoms with E-state index >= 15 is 0 Å². The summed E-state index contributed by atoms with van der Waals surface area (Å²) >= 11 is 3.45. The number of likely N-dealkylation sites (tertiary alicyclic amines) is 1. The molecule has 1 atom stereocenters. The minimum atomic E-state index is 0. The zero-order chi connectivity index (χ0) is 16.4. The Morgan fingerprint density at radius 1 is 1.42 bits per heavy atom. The van der Waals surface area contributed by atoms with E-state index in [4.69, 9.17) is 0 Å². The molecule has 3 heterocycles. The van der Waals surface area contributed by atoms with Crippen LogP contribution in [0.5, 0.6) is 0 Å². The summed E-state index contributed by atoms with van der Waals surface area (Å²) in [6, 6.07) is 2.03. The molecule has 0 radical (unpaired) electrons. The molecule has 0 saturated carbocycles. The quantitative estimate of drug-likeness (QED) is 0.812. The summed E-state index contributed by atoms with van der Waals surface area (Å²) in [5.74, 6) is 0.208. The zero-order valence-electron chi connectivity index (χ0n) is 13.8. The number of piperazine rings is 1. The summed E-state index contributed by atoms with van der Waals surface area (Å²) in [4.78, 5) is 28.8. The molecule has 0 spiro atoms. The topological polar surface area (TPSA) is 57.6 Å². The largest absolute Gasteiger partial charge is 0.343 e. The molecule has 2 aliphatic heterocycles. The van der Waals surface area contributed by atoms with E-state index in [1.165, 1.54) is 0 Å². The van der Waals surface area contributed by atoms with Crippen LogP contribution in [0.3, 0.4) is 0 Å². The number of hydrogen-bond donors (Lipinski definition) is 1. The second-order valence-electron chi connectivity index (χ2n) is 6.14. The Labute approximate surface area is 157 Å². The van der Waals surface area contributed by atoms with Crippen LogP contribution >= 0.6 is 28.3 Å². The summed E-state index contributed by atoms with van der Waals surface area (Å²) in [6.45, 7) is 6.18. The van der Waals surface area contributed by atoms with Crippen LogP contribution in [0.25, 0.3) is 0 Å². The molecule has 8 heteroatoms. The first-order valence-corrected chi connectivity index (χ1v) is 9.04. The number of nitrogens with zero attached hydrogens (tertiary/aromatic N) is 3. The highest BCUT2D eigenvalue weighted by atomic mass is 79.9. The number of aryl methyl sites for hydroxylation is 1. The first kappa shape index (κ1) is 19.3. The van der Waals surface area contributed by atoms with Gasteiger partial charge in [-0.05, 0) is 41.8 Å². The number of carbonyl (C=O) groups excluding carboxylic acids is 2. The lowest BCUT2D eigenvalue weighted by atomic mass is 10.0. The average molecular weight is 420 g/mol. The minimum absolute atomic E-state index is 0. The van der Waals surface area contributed by atoms with Crippen molar-refractivity contribution in [2.24, 2.45) is 0 Å². The highest BCUT2D eigenvalue weighted by Gasteiger charge is 2.32. The van der Waals surface area contributed by atoms with Gasteiger partial charge in [0.2, 0.25) is 5.91 Å². The van der Waals surface area contributed by atoms with E-state index in [0.29, 0.717) is 18.8 Å². The van der Waals surface area contributed by atoms with Crippen molar-refractivity contribution < 1.29 is 9.59 Å². The molecule has 134 valence electrons. The van der Waals surface area contributed by atoms with Crippen molar-refractivity contribution in [2.75, 3.05) is 32.7 Å². The van der Waals surface area contributed by atoms with Gasteiger partial charge in [0.05, 0.1) is 6.54 Å². The maximum atomic E-state index is 12.9. The van der Waals surface area contributed by atoms with Crippen molar-refractivity contribution in [3.05, 3.63) is 22.4 Å².